The molecule has 1 aromatic rings. The number of aromatic nitrogens is 2. The number of aryl methyl sites for hydroxylation is 1. The number of carboxylic acids is 1. The molecule has 6 heteroatoms. The van der Waals surface area contributed by atoms with Crippen molar-refractivity contribution in [3.63, 3.8) is 0 Å². The fourth-order valence-corrected chi connectivity index (χ4v) is 2.10. The fraction of sp³-hybridized carbons (Fsp3) is 0.636. The van der Waals surface area contributed by atoms with Crippen molar-refractivity contribution in [2.75, 3.05) is 26.4 Å². The summed E-state index contributed by atoms with van der Waals surface area (Å²) < 4.78 is 1.90. The van der Waals surface area contributed by atoms with E-state index in [0.717, 1.165) is 30.2 Å². The summed E-state index contributed by atoms with van der Waals surface area (Å²) in [4.78, 5) is 12.6. The van der Waals surface area contributed by atoms with Crippen LogP contribution in [0.4, 0.5) is 0 Å². The Morgan fingerprint density at radius 3 is 2.82 bits per heavy atom. The molecule has 1 rings (SSSR count). The van der Waals surface area contributed by atoms with E-state index >= 15 is 0 Å². The monoisotopic (exact) mass is 257 g/mol. The highest BCUT2D eigenvalue weighted by Gasteiger charge is 2.09. The Bertz CT molecular complexity index is 377. The first-order valence-corrected chi connectivity index (χ1v) is 6.57. The van der Waals surface area contributed by atoms with Gasteiger partial charge < -0.3 is 10.0 Å². The van der Waals surface area contributed by atoms with Crippen LogP contribution in [0.15, 0.2) is 11.1 Å². The molecule has 1 N–H and O–H groups in total. The number of hydrogen-bond acceptors (Lipinski definition) is 4. The van der Waals surface area contributed by atoms with Crippen LogP contribution in [0.2, 0.25) is 0 Å². The molecule has 0 saturated carbocycles. The molecule has 1 heterocycles. The Kier molecular flexibility index (Phi) is 5.50. The topological polar surface area (TPSA) is 58.4 Å². The summed E-state index contributed by atoms with van der Waals surface area (Å²) in [6, 6.07) is 1.98. The molecule has 0 unspecified atom stereocenters. The first kappa shape index (κ1) is 14.1. The van der Waals surface area contributed by atoms with Crippen molar-refractivity contribution in [3.8, 4) is 0 Å². The van der Waals surface area contributed by atoms with Crippen LogP contribution in [0.25, 0.3) is 0 Å². The average Bonchev–Trinajstić information content (AvgIpc) is 2.66. The van der Waals surface area contributed by atoms with Gasteiger partial charge >= 0.3 is 5.97 Å². The molecule has 96 valence electrons. The van der Waals surface area contributed by atoms with E-state index in [-0.39, 0.29) is 5.75 Å². The lowest BCUT2D eigenvalue weighted by molar-refractivity contribution is -0.133. The largest absolute Gasteiger partial charge is 0.481 e. The van der Waals surface area contributed by atoms with Gasteiger partial charge in [-0.15, -0.1) is 0 Å². The number of carbonyl (C=O) groups is 1. The maximum atomic E-state index is 10.6. The molecule has 5 nitrogen and oxygen atoms in total. The fourth-order valence-electron chi connectivity index (χ4n) is 1.33. The number of carboxylic acid groups (broad SMARTS) is 1. The van der Waals surface area contributed by atoms with Crippen LogP contribution in [-0.2, 0) is 17.8 Å². The third kappa shape index (κ3) is 4.79. The van der Waals surface area contributed by atoms with Gasteiger partial charge in [-0.2, -0.15) is 5.10 Å². The summed E-state index contributed by atoms with van der Waals surface area (Å²) in [6.45, 7) is 3.73. The lowest BCUT2D eigenvalue weighted by atomic mass is 10.3. The smallest absolute Gasteiger partial charge is 0.313 e. The van der Waals surface area contributed by atoms with Gasteiger partial charge in [-0.1, -0.05) is 18.7 Å². The SMILES string of the molecule is CCc1cc(SCC(=O)O)n(CCN(C)C)n1. The molecule has 0 aromatic carbocycles. The summed E-state index contributed by atoms with van der Waals surface area (Å²) in [6.07, 6.45) is 0.871. The van der Waals surface area contributed by atoms with E-state index in [4.69, 9.17) is 5.11 Å². The van der Waals surface area contributed by atoms with Crippen LogP contribution in [0.1, 0.15) is 12.6 Å². The second-order valence-electron chi connectivity index (χ2n) is 4.04. The molecular formula is C11H19N3O2S. The molecule has 0 aliphatic rings. The van der Waals surface area contributed by atoms with E-state index in [0.29, 0.717) is 0 Å². The molecule has 0 amide bonds. The zero-order chi connectivity index (χ0) is 12.8. The molecular weight excluding hydrogens is 238 g/mol. The minimum atomic E-state index is -0.798. The van der Waals surface area contributed by atoms with Crippen molar-refractivity contribution in [2.45, 2.75) is 24.9 Å². The van der Waals surface area contributed by atoms with Gasteiger partial charge in [0.2, 0.25) is 0 Å². The zero-order valence-electron chi connectivity index (χ0n) is 10.5. The number of hydrogen-bond donors (Lipinski definition) is 1. The van der Waals surface area contributed by atoms with Crippen molar-refractivity contribution < 1.29 is 9.90 Å². The van der Waals surface area contributed by atoms with Crippen LogP contribution in [0.5, 0.6) is 0 Å². The van der Waals surface area contributed by atoms with Gasteiger partial charge in [0, 0.05) is 6.54 Å². The van der Waals surface area contributed by atoms with Crippen molar-refractivity contribution in [1.29, 1.82) is 0 Å². The predicted molar refractivity (Wildman–Crippen MR) is 68.5 cm³/mol. The standard InChI is InChI=1S/C11H19N3O2S/c1-4-9-7-10(17-8-11(15)16)14(12-9)6-5-13(2)3/h7H,4-6,8H2,1-3H3,(H,15,16). The Balaban J connectivity index is 2.70. The van der Waals surface area contributed by atoms with Gasteiger partial charge in [0.15, 0.2) is 0 Å². The third-order valence-electron chi connectivity index (χ3n) is 2.26. The van der Waals surface area contributed by atoms with Crippen LogP contribution in [0, 0.1) is 0 Å². The Morgan fingerprint density at radius 2 is 2.29 bits per heavy atom. The predicted octanol–water partition coefficient (Wildman–Crippen LogP) is 1.18. The van der Waals surface area contributed by atoms with Crippen LogP contribution < -0.4 is 0 Å². The van der Waals surface area contributed by atoms with Crippen LogP contribution >= 0.6 is 11.8 Å². The molecule has 0 atom stereocenters. The summed E-state index contributed by atoms with van der Waals surface area (Å²) in [7, 11) is 4.02. The van der Waals surface area contributed by atoms with E-state index < -0.39 is 5.97 Å². The number of nitrogens with zero attached hydrogens (tertiary/aromatic N) is 3. The first-order chi connectivity index (χ1) is 8.02. The molecule has 0 bridgehead atoms. The number of rotatable bonds is 7. The maximum absolute atomic E-state index is 10.6. The normalized spacial score (nSPS) is 11.1. The van der Waals surface area contributed by atoms with Crippen molar-refractivity contribution >= 4 is 17.7 Å². The highest BCUT2D eigenvalue weighted by Crippen LogP contribution is 2.19. The zero-order valence-corrected chi connectivity index (χ0v) is 11.3. The number of aliphatic carboxylic acids is 1. The van der Waals surface area contributed by atoms with Gasteiger partial charge in [-0.3, -0.25) is 9.48 Å². The average molecular weight is 257 g/mol. The van der Waals surface area contributed by atoms with Gasteiger partial charge in [0.1, 0.15) is 0 Å². The summed E-state index contributed by atoms with van der Waals surface area (Å²) in [5.41, 5.74) is 1.01. The minimum Gasteiger partial charge on any atom is -0.481 e. The third-order valence-corrected chi connectivity index (χ3v) is 3.27. The van der Waals surface area contributed by atoms with Crippen molar-refractivity contribution in [3.05, 3.63) is 11.8 Å². The minimum absolute atomic E-state index is 0.0802. The van der Waals surface area contributed by atoms with E-state index in [9.17, 15) is 4.79 Å². The molecule has 1 aromatic heterocycles. The Morgan fingerprint density at radius 1 is 1.59 bits per heavy atom. The quantitative estimate of drug-likeness (QED) is 0.743. The number of likely N-dealkylation sites (N-methyl/N-ethyl adjacent to an activating group) is 1. The van der Waals surface area contributed by atoms with Crippen LogP contribution in [0.3, 0.4) is 0 Å². The van der Waals surface area contributed by atoms with Gasteiger partial charge in [-0.25, -0.2) is 0 Å². The highest BCUT2D eigenvalue weighted by atomic mass is 32.2. The van der Waals surface area contributed by atoms with Crippen molar-refractivity contribution in [2.24, 2.45) is 0 Å². The number of thioether (sulfide) groups is 1. The van der Waals surface area contributed by atoms with Crippen molar-refractivity contribution in [1.82, 2.24) is 14.7 Å². The molecule has 0 spiro atoms. The summed E-state index contributed by atoms with van der Waals surface area (Å²) in [5, 5.41) is 14.1. The van der Waals surface area contributed by atoms with E-state index in [1.807, 2.05) is 31.8 Å². The molecule has 17 heavy (non-hydrogen) atoms. The molecule has 0 radical (unpaired) electrons. The lowest BCUT2D eigenvalue weighted by Crippen LogP contribution is -2.19. The van der Waals surface area contributed by atoms with Gasteiger partial charge in [0.25, 0.3) is 0 Å². The lowest BCUT2D eigenvalue weighted by Gasteiger charge is -2.11. The van der Waals surface area contributed by atoms with E-state index in [1.54, 1.807) is 0 Å². The van der Waals surface area contributed by atoms with Crippen LogP contribution in [-0.4, -0.2) is 52.1 Å². The Hall–Kier alpha value is -1.01. The van der Waals surface area contributed by atoms with E-state index in [1.165, 1.54) is 11.8 Å². The molecule has 0 aliphatic carbocycles. The summed E-state index contributed by atoms with van der Waals surface area (Å²) in [5.74, 6) is -0.718. The molecule has 0 aliphatic heterocycles. The first-order valence-electron chi connectivity index (χ1n) is 5.59. The molecule has 0 saturated heterocycles. The maximum Gasteiger partial charge on any atom is 0.313 e. The highest BCUT2D eigenvalue weighted by molar-refractivity contribution is 7.99. The molecule has 0 fully saturated rings. The second-order valence-corrected chi connectivity index (χ2v) is 5.03. The summed E-state index contributed by atoms with van der Waals surface area (Å²) >= 11 is 1.33. The Labute approximate surface area is 106 Å². The second kappa shape index (κ2) is 6.66. The van der Waals surface area contributed by atoms with Gasteiger partial charge in [0.05, 0.1) is 23.0 Å². The van der Waals surface area contributed by atoms with Gasteiger partial charge in [-0.05, 0) is 26.6 Å². The van der Waals surface area contributed by atoms with E-state index in [2.05, 4.69) is 10.00 Å².